The summed E-state index contributed by atoms with van der Waals surface area (Å²) in [4.78, 5) is 45.2. The highest BCUT2D eigenvalue weighted by molar-refractivity contribution is 8.00. The number of thioether (sulfide) groups is 1. The van der Waals surface area contributed by atoms with Gasteiger partial charge in [-0.05, 0) is 44.4 Å². The van der Waals surface area contributed by atoms with Crippen LogP contribution in [0.2, 0.25) is 0 Å². The molecule has 0 aromatic carbocycles. The van der Waals surface area contributed by atoms with E-state index >= 15 is 0 Å². The lowest BCUT2D eigenvalue weighted by Crippen LogP contribution is -2.72. The Labute approximate surface area is 221 Å². The van der Waals surface area contributed by atoms with Gasteiger partial charge in [-0.2, -0.15) is 0 Å². The highest BCUT2D eigenvalue weighted by Crippen LogP contribution is 2.40. The van der Waals surface area contributed by atoms with Crippen LogP contribution < -0.4 is 25.4 Å². The summed E-state index contributed by atoms with van der Waals surface area (Å²) < 4.78 is 4.60. The number of hydrogen-bond donors (Lipinski definition) is 4. The molecule has 15 heteroatoms. The maximum absolute atomic E-state index is 13.0. The van der Waals surface area contributed by atoms with Gasteiger partial charge in [0.15, 0.2) is 30.3 Å². The van der Waals surface area contributed by atoms with Gasteiger partial charge in [-0.3, -0.25) is 25.1 Å². The third kappa shape index (κ3) is 4.79. The molecule has 13 nitrogen and oxygen atoms in total. The SMILES string of the molecule is CN1CCCC1c1ccc[n+](CC2=C(C(=O)[O-])N3C(=O)[C@@H](NC(=O)/C(=N\O)C4=NC(N)SN4)C3SC2)c1. The molecule has 1 aromatic rings. The number of carbonyl (C=O) groups is 3. The van der Waals surface area contributed by atoms with Gasteiger partial charge in [-0.1, -0.05) is 5.16 Å². The van der Waals surface area contributed by atoms with E-state index in [4.69, 9.17) is 5.73 Å². The van der Waals surface area contributed by atoms with Crippen LogP contribution in [0.25, 0.3) is 0 Å². The molecule has 0 bridgehead atoms. The van der Waals surface area contributed by atoms with Gasteiger partial charge in [0.25, 0.3) is 11.8 Å². The Morgan fingerprint density at radius 3 is 2.92 bits per heavy atom. The minimum atomic E-state index is -1.45. The Morgan fingerprint density at radius 1 is 1.46 bits per heavy atom. The Balaban J connectivity index is 1.32. The predicted molar refractivity (Wildman–Crippen MR) is 134 cm³/mol. The second kappa shape index (κ2) is 10.3. The number of pyridine rings is 1. The van der Waals surface area contributed by atoms with E-state index in [0.717, 1.165) is 41.8 Å². The molecule has 0 radical (unpaired) electrons. The van der Waals surface area contributed by atoms with E-state index in [9.17, 15) is 24.7 Å². The van der Waals surface area contributed by atoms with Gasteiger partial charge in [-0.15, -0.1) is 11.8 Å². The van der Waals surface area contributed by atoms with Crippen molar-refractivity contribution in [2.45, 2.75) is 42.3 Å². The number of nitrogens with two attached hydrogens (primary N) is 1. The van der Waals surface area contributed by atoms with E-state index in [2.05, 4.69) is 38.2 Å². The van der Waals surface area contributed by atoms with Crippen molar-refractivity contribution in [1.82, 2.24) is 19.8 Å². The summed E-state index contributed by atoms with van der Waals surface area (Å²) in [6.45, 7) is 1.33. The van der Waals surface area contributed by atoms with Gasteiger partial charge in [0.05, 0.1) is 11.7 Å². The van der Waals surface area contributed by atoms with Crippen molar-refractivity contribution >= 4 is 53.0 Å². The Bertz CT molecular complexity index is 1240. The van der Waals surface area contributed by atoms with Crippen LogP contribution >= 0.6 is 23.7 Å². The number of oxime groups is 1. The van der Waals surface area contributed by atoms with Crippen molar-refractivity contribution in [1.29, 1.82) is 0 Å². The molecule has 4 aliphatic heterocycles. The number of likely N-dealkylation sites (tertiary alicyclic amines) is 1. The Kier molecular flexibility index (Phi) is 7.11. The van der Waals surface area contributed by atoms with E-state index in [1.165, 1.54) is 11.8 Å². The predicted octanol–water partition coefficient (Wildman–Crippen LogP) is -2.13. The van der Waals surface area contributed by atoms with Gasteiger partial charge in [0, 0.05) is 29.0 Å². The minimum absolute atomic E-state index is 0.0157. The number of amidine groups is 1. The lowest BCUT2D eigenvalue weighted by molar-refractivity contribution is -0.689. The molecule has 5 rings (SSSR count). The largest absolute Gasteiger partial charge is 0.543 e. The molecule has 196 valence electrons. The zero-order chi connectivity index (χ0) is 26.3. The van der Waals surface area contributed by atoms with Gasteiger partial charge in [-0.25, -0.2) is 9.56 Å². The summed E-state index contributed by atoms with van der Waals surface area (Å²) in [7, 11) is 2.09. The standard InChI is InChI=1S/C22H26N8O5S2/c1-28-6-3-5-13(28)11-4-2-7-29(8-11)9-12-10-36-20-15(19(32)30(20)16(12)21(33)34)24-18(31)14(26-35)17-25-22(23)37-27-17/h2,4,7-8,13,15,20,22H,3,5-6,9-10,23H2,1H3,(H3-,24,25,27,31,33,34,35)/t13?,15-,20?,22?/m1/s1. The number of carboxylic acid groups (broad SMARTS) is 1. The van der Waals surface area contributed by atoms with Crippen LogP contribution in [0.5, 0.6) is 0 Å². The number of aromatic nitrogens is 1. The zero-order valence-corrected chi connectivity index (χ0v) is 21.5. The van der Waals surface area contributed by atoms with Crippen LogP contribution in [-0.4, -0.2) is 80.6 Å². The number of rotatable bonds is 7. The van der Waals surface area contributed by atoms with Crippen molar-refractivity contribution in [3.8, 4) is 0 Å². The molecule has 4 atom stereocenters. The number of nitrogens with one attached hydrogen (secondary N) is 2. The summed E-state index contributed by atoms with van der Waals surface area (Å²) in [5.41, 5.74) is 6.08. The molecule has 5 heterocycles. The first kappa shape index (κ1) is 25.5. The maximum atomic E-state index is 13.0. The lowest BCUT2D eigenvalue weighted by Gasteiger charge is -2.50. The summed E-state index contributed by atoms with van der Waals surface area (Å²) in [5.74, 6) is -2.54. The van der Waals surface area contributed by atoms with E-state index in [0.29, 0.717) is 23.9 Å². The molecule has 2 saturated heterocycles. The van der Waals surface area contributed by atoms with Crippen molar-refractivity contribution in [3.63, 3.8) is 0 Å². The molecule has 4 aliphatic rings. The number of hydrogen-bond acceptors (Lipinski definition) is 12. The summed E-state index contributed by atoms with van der Waals surface area (Å²) >= 11 is 2.37. The molecular formula is C22H26N8O5S2. The van der Waals surface area contributed by atoms with Crippen molar-refractivity contribution in [2.75, 3.05) is 19.3 Å². The number of β-lactam (4-membered cyclic amide) rings is 1. The van der Waals surface area contributed by atoms with E-state index < -0.39 is 40.4 Å². The van der Waals surface area contributed by atoms with Crippen LogP contribution in [0.3, 0.4) is 0 Å². The van der Waals surface area contributed by atoms with Crippen molar-refractivity contribution < 1.29 is 29.3 Å². The summed E-state index contributed by atoms with van der Waals surface area (Å²) in [6, 6.07) is 3.33. The number of amides is 2. The first-order valence-corrected chi connectivity index (χ1v) is 13.6. The highest BCUT2D eigenvalue weighted by Gasteiger charge is 2.53. The second-order valence-corrected chi connectivity index (χ2v) is 11.1. The molecule has 2 fully saturated rings. The minimum Gasteiger partial charge on any atom is -0.543 e. The molecular weight excluding hydrogens is 520 g/mol. The normalized spacial score (nSPS) is 27.9. The quantitative estimate of drug-likeness (QED) is 0.0737. The molecule has 0 aliphatic carbocycles. The van der Waals surface area contributed by atoms with Gasteiger partial charge in [0.1, 0.15) is 11.4 Å². The average Bonchev–Trinajstić information content (AvgIpc) is 3.50. The molecule has 5 N–H and O–H groups in total. The molecule has 1 aromatic heterocycles. The smallest absolute Gasteiger partial charge is 0.277 e. The van der Waals surface area contributed by atoms with Crippen molar-refractivity contribution in [3.05, 3.63) is 41.4 Å². The van der Waals surface area contributed by atoms with Gasteiger partial charge in [0.2, 0.25) is 5.71 Å². The third-order valence-electron chi connectivity index (χ3n) is 6.76. The fraction of sp³-hybridized carbons (Fsp3) is 0.455. The van der Waals surface area contributed by atoms with Crippen LogP contribution in [0, 0.1) is 0 Å². The lowest BCUT2D eigenvalue weighted by atomic mass is 10.0. The second-order valence-electron chi connectivity index (χ2n) is 9.09. The number of fused-ring (bicyclic) bond motifs is 1. The number of nitrogens with zero attached hydrogens (tertiary/aromatic N) is 5. The van der Waals surface area contributed by atoms with Gasteiger partial charge < -0.3 is 25.1 Å². The Hall–Kier alpha value is -3.14. The van der Waals surface area contributed by atoms with E-state index in [1.807, 2.05) is 23.0 Å². The number of carboxylic acids is 1. The first-order chi connectivity index (χ1) is 17.8. The summed E-state index contributed by atoms with van der Waals surface area (Å²) in [6.07, 6.45) is 6.09. The summed E-state index contributed by atoms with van der Waals surface area (Å²) in [5, 5.41) is 26.3. The molecule has 2 amide bonds. The van der Waals surface area contributed by atoms with Crippen LogP contribution in [0.15, 0.2) is 45.9 Å². The van der Waals surface area contributed by atoms with E-state index in [-0.39, 0.29) is 11.5 Å². The van der Waals surface area contributed by atoms with Crippen molar-refractivity contribution in [2.24, 2.45) is 15.9 Å². The fourth-order valence-corrected chi connectivity index (χ4v) is 6.87. The third-order valence-corrected chi connectivity index (χ3v) is 8.76. The van der Waals surface area contributed by atoms with E-state index in [1.54, 1.807) is 0 Å². The number of aliphatic carboxylic acids is 1. The average molecular weight is 547 g/mol. The zero-order valence-electron chi connectivity index (χ0n) is 19.9. The molecule has 0 saturated carbocycles. The number of aliphatic imine (C=N–C) groups is 1. The topological polar surface area (TPSA) is 180 Å². The number of carbonyl (C=O) groups excluding carboxylic acids is 3. The van der Waals surface area contributed by atoms with Crippen LogP contribution in [0.1, 0.15) is 24.4 Å². The Morgan fingerprint density at radius 2 is 2.27 bits per heavy atom. The maximum Gasteiger partial charge on any atom is 0.277 e. The van der Waals surface area contributed by atoms with Gasteiger partial charge >= 0.3 is 0 Å². The van der Waals surface area contributed by atoms with Crippen LogP contribution in [-0.2, 0) is 20.9 Å². The molecule has 37 heavy (non-hydrogen) atoms. The molecule has 3 unspecified atom stereocenters. The highest BCUT2D eigenvalue weighted by atomic mass is 32.2. The van der Waals surface area contributed by atoms with Crippen LogP contribution in [0.4, 0.5) is 0 Å². The monoisotopic (exact) mass is 546 g/mol. The first-order valence-electron chi connectivity index (χ1n) is 11.6. The molecule has 0 spiro atoms. The fourth-order valence-electron chi connectivity index (χ4n) is 5.00.